The molecule has 0 heterocycles. The van der Waals surface area contributed by atoms with Crippen LogP contribution >= 0.6 is 0 Å². The second-order valence-electron chi connectivity index (χ2n) is 4.90. The van der Waals surface area contributed by atoms with E-state index in [0.717, 1.165) is 5.56 Å². The molecule has 122 valence electrons. The average molecular weight is 322 g/mol. The summed E-state index contributed by atoms with van der Waals surface area (Å²) < 4.78 is 10.8. The third kappa shape index (κ3) is 4.37. The van der Waals surface area contributed by atoms with Gasteiger partial charge in [0, 0.05) is 0 Å². The Morgan fingerprint density at radius 1 is 1.25 bits per heavy atom. The Hall–Kier alpha value is -3.26. The summed E-state index contributed by atoms with van der Waals surface area (Å²) in [6, 6.07) is 14.3. The van der Waals surface area contributed by atoms with Crippen LogP contribution in [-0.4, -0.2) is 19.6 Å². The number of nitrogens with one attached hydrogen (secondary N) is 1. The van der Waals surface area contributed by atoms with Gasteiger partial charge < -0.3 is 14.8 Å². The molecule has 2 aromatic carbocycles. The van der Waals surface area contributed by atoms with Gasteiger partial charge in [0.2, 0.25) is 0 Å². The molecule has 2 rings (SSSR count). The zero-order valence-corrected chi connectivity index (χ0v) is 13.6. The van der Waals surface area contributed by atoms with Crippen LogP contribution in [0, 0.1) is 11.3 Å². The van der Waals surface area contributed by atoms with E-state index < -0.39 is 0 Å². The average Bonchev–Trinajstić information content (AvgIpc) is 2.61. The zero-order chi connectivity index (χ0) is 17.4. The lowest BCUT2D eigenvalue weighted by atomic mass is 10.2. The van der Waals surface area contributed by atoms with Gasteiger partial charge in [-0.25, -0.2) is 0 Å². The largest absolute Gasteiger partial charge is 0.493 e. The fourth-order valence-corrected chi connectivity index (χ4v) is 2.12. The van der Waals surface area contributed by atoms with Crippen LogP contribution in [0.1, 0.15) is 18.1 Å². The summed E-state index contributed by atoms with van der Waals surface area (Å²) in [5.74, 6) is 0.683. The number of carbonyl (C=O) groups excluding carboxylic acids is 1. The van der Waals surface area contributed by atoms with E-state index in [2.05, 4.69) is 5.32 Å². The molecule has 0 aliphatic heterocycles. The van der Waals surface area contributed by atoms with E-state index >= 15 is 0 Å². The van der Waals surface area contributed by atoms with E-state index in [1.165, 1.54) is 0 Å². The Morgan fingerprint density at radius 3 is 2.75 bits per heavy atom. The highest BCUT2D eigenvalue weighted by Gasteiger charge is 2.10. The second kappa shape index (κ2) is 8.39. The summed E-state index contributed by atoms with van der Waals surface area (Å²) in [6.45, 7) is 1.75. The number of ether oxygens (including phenoxy) is 2. The lowest BCUT2D eigenvalue weighted by Crippen LogP contribution is -2.20. The number of hydrogen-bond acceptors (Lipinski definition) is 4. The molecule has 1 amide bonds. The van der Waals surface area contributed by atoms with E-state index in [4.69, 9.17) is 14.7 Å². The van der Waals surface area contributed by atoms with Crippen molar-refractivity contribution in [2.24, 2.45) is 0 Å². The summed E-state index contributed by atoms with van der Waals surface area (Å²) in [6.07, 6.45) is 3.87. The fourth-order valence-electron chi connectivity index (χ4n) is 2.12. The standard InChI is InChI=1S/C19H18N2O3/c1-3-6-14-9-10-17(18(11-14)23-2)24-13-19(22)21-16-8-5-4-7-15(16)12-20/h3-11H,13H2,1-2H3,(H,21,22)/b6-3+. The third-order valence-electron chi connectivity index (χ3n) is 3.23. The van der Waals surface area contributed by atoms with Crippen molar-refractivity contribution in [1.82, 2.24) is 0 Å². The van der Waals surface area contributed by atoms with Gasteiger partial charge in [0.1, 0.15) is 6.07 Å². The molecule has 5 nitrogen and oxygen atoms in total. The molecule has 0 radical (unpaired) electrons. The van der Waals surface area contributed by atoms with Crippen molar-refractivity contribution in [3.63, 3.8) is 0 Å². The first-order valence-corrected chi connectivity index (χ1v) is 7.40. The normalized spacial score (nSPS) is 10.2. The lowest BCUT2D eigenvalue weighted by Gasteiger charge is -2.12. The molecular weight excluding hydrogens is 304 g/mol. The number of carbonyl (C=O) groups is 1. The monoisotopic (exact) mass is 322 g/mol. The summed E-state index contributed by atoms with van der Waals surface area (Å²) in [5.41, 5.74) is 1.84. The lowest BCUT2D eigenvalue weighted by molar-refractivity contribution is -0.118. The van der Waals surface area contributed by atoms with Crippen LogP contribution in [0.15, 0.2) is 48.5 Å². The van der Waals surface area contributed by atoms with E-state index in [-0.39, 0.29) is 12.5 Å². The summed E-state index contributed by atoms with van der Waals surface area (Å²) in [4.78, 5) is 12.0. The van der Waals surface area contributed by atoms with Crippen LogP contribution in [0.5, 0.6) is 11.5 Å². The van der Waals surface area contributed by atoms with Crippen molar-refractivity contribution in [3.05, 3.63) is 59.7 Å². The number of amides is 1. The van der Waals surface area contributed by atoms with Gasteiger partial charge in [0.25, 0.3) is 5.91 Å². The summed E-state index contributed by atoms with van der Waals surface area (Å²) in [7, 11) is 1.55. The molecule has 0 spiro atoms. The van der Waals surface area contributed by atoms with Gasteiger partial charge in [-0.05, 0) is 36.8 Å². The van der Waals surface area contributed by atoms with Gasteiger partial charge in [0.05, 0.1) is 18.4 Å². The van der Waals surface area contributed by atoms with Crippen molar-refractivity contribution in [1.29, 1.82) is 5.26 Å². The number of para-hydroxylation sites is 1. The number of benzene rings is 2. The van der Waals surface area contributed by atoms with Crippen molar-refractivity contribution in [2.75, 3.05) is 19.0 Å². The number of nitrogens with zero attached hydrogens (tertiary/aromatic N) is 1. The van der Waals surface area contributed by atoms with Crippen LogP contribution in [0.2, 0.25) is 0 Å². The van der Waals surface area contributed by atoms with E-state index in [9.17, 15) is 4.79 Å². The van der Waals surface area contributed by atoms with Crippen molar-refractivity contribution < 1.29 is 14.3 Å². The fraction of sp³-hybridized carbons (Fsp3) is 0.158. The number of anilines is 1. The van der Waals surface area contributed by atoms with Gasteiger partial charge in [-0.2, -0.15) is 5.26 Å². The van der Waals surface area contributed by atoms with Gasteiger partial charge in [0.15, 0.2) is 18.1 Å². The Balaban J connectivity index is 2.03. The van der Waals surface area contributed by atoms with Crippen LogP contribution in [0.25, 0.3) is 6.08 Å². The van der Waals surface area contributed by atoms with Crippen LogP contribution in [0.4, 0.5) is 5.69 Å². The van der Waals surface area contributed by atoms with Crippen LogP contribution in [0.3, 0.4) is 0 Å². The quantitative estimate of drug-likeness (QED) is 0.882. The molecule has 0 saturated heterocycles. The van der Waals surface area contributed by atoms with Crippen molar-refractivity contribution in [2.45, 2.75) is 6.92 Å². The van der Waals surface area contributed by atoms with Gasteiger partial charge in [-0.3, -0.25) is 4.79 Å². The number of allylic oxidation sites excluding steroid dienone is 1. The molecule has 0 aliphatic carbocycles. The van der Waals surface area contributed by atoms with Crippen LogP contribution in [-0.2, 0) is 4.79 Å². The molecule has 24 heavy (non-hydrogen) atoms. The number of methoxy groups -OCH3 is 1. The molecule has 0 fully saturated rings. The Kier molecular flexibility index (Phi) is 5.98. The van der Waals surface area contributed by atoms with E-state index in [1.54, 1.807) is 37.4 Å². The highest BCUT2D eigenvalue weighted by atomic mass is 16.5. The second-order valence-corrected chi connectivity index (χ2v) is 4.90. The highest BCUT2D eigenvalue weighted by molar-refractivity contribution is 5.93. The first-order valence-electron chi connectivity index (χ1n) is 7.40. The molecule has 5 heteroatoms. The first-order chi connectivity index (χ1) is 11.7. The maximum atomic E-state index is 12.0. The maximum Gasteiger partial charge on any atom is 0.262 e. The molecule has 0 aromatic heterocycles. The summed E-state index contributed by atoms with van der Waals surface area (Å²) in [5, 5.41) is 11.7. The topological polar surface area (TPSA) is 71.3 Å². The molecule has 0 unspecified atom stereocenters. The minimum absolute atomic E-state index is 0.181. The molecular formula is C19H18N2O3. The zero-order valence-electron chi connectivity index (χ0n) is 13.6. The SMILES string of the molecule is C/C=C/c1ccc(OCC(=O)Nc2ccccc2C#N)c(OC)c1. The van der Waals surface area contributed by atoms with Gasteiger partial charge in [-0.1, -0.05) is 30.4 Å². The predicted octanol–water partition coefficient (Wildman–Crippen LogP) is 3.62. The smallest absolute Gasteiger partial charge is 0.262 e. The van der Waals surface area contributed by atoms with Crippen molar-refractivity contribution in [3.8, 4) is 17.6 Å². The number of rotatable bonds is 6. The Labute approximate surface area is 141 Å². The molecule has 0 saturated carbocycles. The molecule has 2 aromatic rings. The van der Waals surface area contributed by atoms with Gasteiger partial charge >= 0.3 is 0 Å². The minimum Gasteiger partial charge on any atom is -0.493 e. The first kappa shape index (κ1) is 17.1. The van der Waals surface area contributed by atoms with Crippen molar-refractivity contribution >= 4 is 17.7 Å². The molecule has 0 aliphatic rings. The molecule has 1 N–H and O–H groups in total. The molecule has 0 bridgehead atoms. The molecule has 0 atom stereocenters. The highest BCUT2D eigenvalue weighted by Crippen LogP contribution is 2.28. The Bertz CT molecular complexity index is 791. The van der Waals surface area contributed by atoms with E-state index in [1.807, 2.05) is 37.3 Å². The van der Waals surface area contributed by atoms with E-state index in [0.29, 0.717) is 22.7 Å². The maximum absolute atomic E-state index is 12.0. The number of nitriles is 1. The van der Waals surface area contributed by atoms with Gasteiger partial charge in [-0.15, -0.1) is 0 Å². The van der Waals surface area contributed by atoms with Crippen LogP contribution < -0.4 is 14.8 Å². The minimum atomic E-state index is -0.350. The summed E-state index contributed by atoms with van der Waals surface area (Å²) >= 11 is 0. The predicted molar refractivity (Wildman–Crippen MR) is 93.0 cm³/mol. The third-order valence-corrected chi connectivity index (χ3v) is 3.23. The Morgan fingerprint density at radius 2 is 2.04 bits per heavy atom. The number of hydrogen-bond donors (Lipinski definition) is 1.